The molecule has 1 aromatic carbocycles. The van der Waals surface area contributed by atoms with Gasteiger partial charge in [-0.1, -0.05) is 0 Å². The van der Waals surface area contributed by atoms with Crippen LogP contribution in [0.4, 0.5) is 5.82 Å². The number of pyridine rings is 1. The van der Waals surface area contributed by atoms with Crippen LogP contribution in [0.15, 0.2) is 40.2 Å². The van der Waals surface area contributed by atoms with Gasteiger partial charge in [0, 0.05) is 20.2 Å². The number of carbonyl (C=O) groups is 1. The maximum atomic E-state index is 12.0. The molecule has 1 aromatic heterocycles. The average Bonchev–Trinajstić information content (AvgIpc) is 2.62. The number of nitrogens with zero attached hydrogens (tertiary/aromatic N) is 3. The standard InChI is InChI=1S/C20H26N4O4/c1-6-27-17-11-15(7-8-16(17)28-14(3)20(26)23(4)5)12-22-24-18(21)9-13(2)10-19(24)25/h7-12,14H,6,21H2,1-5H3/t14-/m1/s1. The van der Waals surface area contributed by atoms with Crippen molar-refractivity contribution in [2.24, 2.45) is 5.10 Å². The third kappa shape index (κ3) is 5.12. The Bertz CT molecular complexity index is 934. The van der Waals surface area contributed by atoms with Gasteiger partial charge in [-0.25, -0.2) is 0 Å². The Kier molecular flexibility index (Phi) is 6.81. The van der Waals surface area contributed by atoms with Gasteiger partial charge in [-0.05, 0) is 56.2 Å². The van der Waals surface area contributed by atoms with Gasteiger partial charge in [0.1, 0.15) is 5.82 Å². The Morgan fingerprint density at radius 3 is 2.61 bits per heavy atom. The second-order valence-corrected chi connectivity index (χ2v) is 6.48. The fraction of sp³-hybridized carbons (Fsp3) is 0.350. The molecular weight excluding hydrogens is 360 g/mol. The van der Waals surface area contributed by atoms with Crippen LogP contribution in [-0.2, 0) is 4.79 Å². The van der Waals surface area contributed by atoms with Crippen LogP contribution in [0.3, 0.4) is 0 Å². The zero-order valence-corrected chi connectivity index (χ0v) is 16.8. The lowest BCUT2D eigenvalue weighted by Gasteiger charge is -2.20. The molecule has 0 fully saturated rings. The van der Waals surface area contributed by atoms with E-state index in [2.05, 4.69) is 5.10 Å². The fourth-order valence-electron chi connectivity index (χ4n) is 2.54. The summed E-state index contributed by atoms with van der Waals surface area (Å²) in [6.45, 7) is 5.75. The molecule has 0 aliphatic rings. The van der Waals surface area contributed by atoms with Gasteiger partial charge in [0.05, 0.1) is 12.8 Å². The summed E-state index contributed by atoms with van der Waals surface area (Å²) >= 11 is 0. The zero-order chi connectivity index (χ0) is 20.8. The smallest absolute Gasteiger partial charge is 0.273 e. The van der Waals surface area contributed by atoms with Crippen molar-refractivity contribution in [3.05, 3.63) is 51.8 Å². The summed E-state index contributed by atoms with van der Waals surface area (Å²) in [6, 6.07) is 8.31. The van der Waals surface area contributed by atoms with Crippen molar-refractivity contribution >= 4 is 17.9 Å². The molecule has 0 saturated carbocycles. The van der Waals surface area contributed by atoms with E-state index in [4.69, 9.17) is 15.2 Å². The highest BCUT2D eigenvalue weighted by molar-refractivity contribution is 5.82. The molecule has 2 N–H and O–H groups in total. The van der Waals surface area contributed by atoms with Crippen LogP contribution in [0, 0.1) is 6.92 Å². The van der Waals surface area contributed by atoms with Crippen molar-refractivity contribution in [2.75, 3.05) is 26.4 Å². The molecule has 8 heteroatoms. The summed E-state index contributed by atoms with van der Waals surface area (Å²) in [5, 5.41) is 4.16. The number of nitrogen functional groups attached to an aromatic ring is 1. The summed E-state index contributed by atoms with van der Waals surface area (Å²) in [5.41, 5.74) is 7.02. The number of anilines is 1. The number of hydrogen-bond acceptors (Lipinski definition) is 6. The minimum Gasteiger partial charge on any atom is -0.490 e. The van der Waals surface area contributed by atoms with Gasteiger partial charge in [-0.2, -0.15) is 9.78 Å². The van der Waals surface area contributed by atoms with Crippen molar-refractivity contribution < 1.29 is 14.3 Å². The highest BCUT2D eigenvalue weighted by Crippen LogP contribution is 2.29. The molecule has 150 valence electrons. The van der Waals surface area contributed by atoms with Crippen LogP contribution >= 0.6 is 0 Å². The van der Waals surface area contributed by atoms with Crippen molar-refractivity contribution in [2.45, 2.75) is 26.9 Å². The number of aryl methyl sites for hydroxylation is 1. The van der Waals surface area contributed by atoms with Gasteiger partial charge < -0.3 is 20.1 Å². The third-order valence-electron chi connectivity index (χ3n) is 3.86. The Morgan fingerprint density at radius 2 is 2.00 bits per heavy atom. The predicted molar refractivity (Wildman–Crippen MR) is 109 cm³/mol. The summed E-state index contributed by atoms with van der Waals surface area (Å²) in [7, 11) is 3.34. The van der Waals surface area contributed by atoms with E-state index in [1.165, 1.54) is 17.2 Å². The minimum atomic E-state index is -0.653. The molecule has 0 radical (unpaired) electrons. The van der Waals surface area contributed by atoms with E-state index in [1.54, 1.807) is 52.2 Å². The van der Waals surface area contributed by atoms with Crippen LogP contribution in [0.1, 0.15) is 25.0 Å². The highest BCUT2D eigenvalue weighted by Gasteiger charge is 2.18. The number of nitrogens with two attached hydrogens (primary N) is 1. The number of aromatic nitrogens is 1. The fourth-order valence-corrected chi connectivity index (χ4v) is 2.54. The second-order valence-electron chi connectivity index (χ2n) is 6.48. The Hall–Kier alpha value is -3.29. The first-order valence-corrected chi connectivity index (χ1v) is 8.91. The Morgan fingerprint density at radius 1 is 1.29 bits per heavy atom. The van der Waals surface area contributed by atoms with Crippen LogP contribution < -0.4 is 20.8 Å². The van der Waals surface area contributed by atoms with Crippen molar-refractivity contribution in [3.8, 4) is 11.5 Å². The zero-order valence-electron chi connectivity index (χ0n) is 16.8. The lowest BCUT2D eigenvalue weighted by atomic mass is 10.2. The van der Waals surface area contributed by atoms with E-state index < -0.39 is 6.10 Å². The maximum Gasteiger partial charge on any atom is 0.273 e. The topological polar surface area (TPSA) is 99.1 Å². The van der Waals surface area contributed by atoms with E-state index in [-0.39, 0.29) is 17.3 Å². The normalized spacial score (nSPS) is 12.0. The summed E-state index contributed by atoms with van der Waals surface area (Å²) in [6.07, 6.45) is 0.855. The molecule has 0 aliphatic heterocycles. The molecule has 0 aliphatic carbocycles. The van der Waals surface area contributed by atoms with Gasteiger partial charge in [0.15, 0.2) is 17.6 Å². The predicted octanol–water partition coefficient (Wildman–Crippen LogP) is 1.88. The van der Waals surface area contributed by atoms with Gasteiger partial charge >= 0.3 is 0 Å². The van der Waals surface area contributed by atoms with E-state index in [1.807, 2.05) is 6.92 Å². The molecule has 0 unspecified atom stereocenters. The van der Waals surface area contributed by atoms with Crippen LogP contribution in [0.25, 0.3) is 0 Å². The van der Waals surface area contributed by atoms with Crippen LogP contribution in [0.5, 0.6) is 11.5 Å². The SMILES string of the molecule is CCOc1cc(C=Nn2c(N)cc(C)cc2=O)ccc1O[C@H](C)C(=O)N(C)C. The van der Waals surface area contributed by atoms with Gasteiger partial charge in [0.25, 0.3) is 11.5 Å². The van der Waals surface area contributed by atoms with Crippen molar-refractivity contribution in [3.63, 3.8) is 0 Å². The van der Waals surface area contributed by atoms with Crippen LogP contribution in [0.2, 0.25) is 0 Å². The van der Waals surface area contributed by atoms with Gasteiger partial charge in [-0.3, -0.25) is 9.59 Å². The Labute approximate surface area is 164 Å². The highest BCUT2D eigenvalue weighted by atomic mass is 16.5. The van der Waals surface area contributed by atoms with E-state index in [0.717, 1.165) is 10.2 Å². The molecule has 2 rings (SSSR count). The number of ether oxygens (including phenoxy) is 2. The number of likely N-dealkylation sites (N-methyl/N-ethyl adjacent to an activating group) is 1. The quantitative estimate of drug-likeness (QED) is 0.733. The average molecular weight is 386 g/mol. The number of hydrogen-bond donors (Lipinski definition) is 1. The van der Waals surface area contributed by atoms with Crippen LogP contribution in [-0.4, -0.2) is 48.5 Å². The largest absolute Gasteiger partial charge is 0.490 e. The molecule has 0 spiro atoms. The number of amides is 1. The van der Waals surface area contributed by atoms with E-state index >= 15 is 0 Å². The number of rotatable bonds is 7. The molecule has 28 heavy (non-hydrogen) atoms. The monoisotopic (exact) mass is 386 g/mol. The van der Waals surface area contributed by atoms with Gasteiger partial charge in [0.2, 0.25) is 0 Å². The molecule has 1 amide bonds. The second kappa shape index (κ2) is 9.07. The maximum absolute atomic E-state index is 12.0. The summed E-state index contributed by atoms with van der Waals surface area (Å²) in [4.78, 5) is 25.5. The number of carbonyl (C=O) groups excluding carboxylic acids is 1. The molecule has 1 atom stereocenters. The third-order valence-corrected chi connectivity index (χ3v) is 3.86. The van der Waals surface area contributed by atoms with Crippen molar-refractivity contribution in [1.82, 2.24) is 9.58 Å². The molecule has 0 saturated heterocycles. The molecule has 2 aromatic rings. The first-order valence-electron chi connectivity index (χ1n) is 8.91. The Balaban J connectivity index is 2.29. The lowest BCUT2D eigenvalue weighted by molar-refractivity contribution is -0.135. The lowest BCUT2D eigenvalue weighted by Crippen LogP contribution is -2.35. The number of benzene rings is 1. The first-order chi connectivity index (χ1) is 13.2. The summed E-state index contributed by atoms with van der Waals surface area (Å²) < 4.78 is 12.5. The molecule has 8 nitrogen and oxygen atoms in total. The molecule has 1 heterocycles. The van der Waals surface area contributed by atoms with E-state index in [0.29, 0.717) is 23.7 Å². The van der Waals surface area contributed by atoms with Gasteiger partial charge in [-0.15, -0.1) is 0 Å². The van der Waals surface area contributed by atoms with Crippen molar-refractivity contribution in [1.29, 1.82) is 0 Å². The molecular formula is C20H26N4O4. The van der Waals surface area contributed by atoms with E-state index in [9.17, 15) is 9.59 Å². The minimum absolute atomic E-state index is 0.151. The first kappa shape index (κ1) is 21.0. The summed E-state index contributed by atoms with van der Waals surface area (Å²) in [5.74, 6) is 1.03. The molecule has 0 bridgehead atoms.